The Hall–Kier alpha value is -3.35. The molecule has 0 aromatic carbocycles. The van der Waals surface area contributed by atoms with Gasteiger partial charge in [-0.05, 0) is 44.4 Å². The molecule has 0 radical (unpaired) electrons. The van der Waals surface area contributed by atoms with Crippen LogP contribution in [0.5, 0.6) is 17.4 Å². The lowest BCUT2D eigenvalue weighted by Gasteiger charge is -2.34. The lowest BCUT2D eigenvalue weighted by Crippen LogP contribution is -2.51. The number of aromatic nitrogens is 3. The maximum absolute atomic E-state index is 13.1. The monoisotopic (exact) mass is 526 g/mol. The van der Waals surface area contributed by atoms with Crippen molar-refractivity contribution in [2.75, 3.05) is 18.1 Å². The van der Waals surface area contributed by atoms with Gasteiger partial charge in [-0.1, -0.05) is 6.92 Å². The van der Waals surface area contributed by atoms with Crippen molar-refractivity contribution in [1.29, 1.82) is 0 Å². The largest absolute Gasteiger partial charge is 0.478 e. The summed E-state index contributed by atoms with van der Waals surface area (Å²) in [6.07, 6.45) is -0.490. The zero-order chi connectivity index (χ0) is 26.1. The molecule has 0 unspecified atom stereocenters. The minimum absolute atomic E-state index is 0.0124. The summed E-state index contributed by atoms with van der Waals surface area (Å²) in [6, 6.07) is 5.90. The molecule has 0 spiro atoms. The first kappa shape index (κ1) is 25.7. The fourth-order valence-corrected chi connectivity index (χ4v) is 5.68. The Labute approximate surface area is 205 Å². The van der Waals surface area contributed by atoms with Gasteiger partial charge in [-0.3, -0.25) is 4.79 Å². The van der Waals surface area contributed by atoms with Crippen molar-refractivity contribution in [3.05, 3.63) is 47.9 Å². The molecule has 4 heterocycles. The number of pyridine rings is 2. The Morgan fingerprint density at radius 1 is 1.25 bits per heavy atom. The quantitative estimate of drug-likeness (QED) is 0.499. The fourth-order valence-electron chi connectivity index (χ4n) is 3.95. The normalized spacial score (nSPS) is 17.0. The first-order valence-electron chi connectivity index (χ1n) is 11.2. The molecule has 0 saturated carbocycles. The van der Waals surface area contributed by atoms with Crippen LogP contribution in [0.15, 0.2) is 36.7 Å². The standard InChI is InChI=1S/C23H25F3N4O5S/c1-3-16-17-13-15(35-21-18(5-4-9-27-21)34-14-23(24,25)26)6-10-30(17)29-19(16)20(31)28-22(2)7-11-36(32,33)12-8-22/h4-6,9-10,13H,3,7-8,11-12,14H2,1-2H3,(H,28,31). The zero-order valence-corrected chi connectivity index (χ0v) is 20.4. The number of aryl methyl sites for hydroxylation is 1. The van der Waals surface area contributed by atoms with Crippen LogP contribution in [-0.4, -0.2) is 58.8 Å². The van der Waals surface area contributed by atoms with Gasteiger partial charge in [-0.2, -0.15) is 18.3 Å². The van der Waals surface area contributed by atoms with Crippen molar-refractivity contribution >= 4 is 21.3 Å². The third-order valence-corrected chi connectivity index (χ3v) is 7.62. The van der Waals surface area contributed by atoms with Crippen molar-refractivity contribution in [1.82, 2.24) is 19.9 Å². The van der Waals surface area contributed by atoms with Crippen molar-refractivity contribution < 1.29 is 35.9 Å². The van der Waals surface area contributed by atoms with Crippen LogP contribution in [0.4, 0.5) is 13.2 Å². The Kier molecular flexibility index (Phi) is 6.86. The molecule has 0 aliphatic carbocycles. The van der Waals surface area contributed by atoms with Gasteiger partial charge >= 0.3 is 6.18 Å². The summed E-state index contributed by atoms with van der Waals surface area (Å²) < 4.78 is 73.3. The van der Waals surface area contributed by atoms with Gasteiger partial charge < -0.3 is 14.8 Å². The second-order valence-electron chi connectivity index (χ2n) is 8.85. The minimum atomic E-state index is -4.51. The van der Waals surface area contributed by atoms with Crippen LogP contribution in [-0.2, 0) is 16.3 Å². The van der Waals surface area contributed by atoms with Gasteiger partial charge in [0.2, 0.25) is 0 Å². The highest BCUT2D eigenvalue weighted by Crippen LogP contribution is 2.32. The smallest absolute Gasteiger partial charge is 0.422 e. The maximum atomic E-state index is 13.1. The second kappa shape index (κ2) is 9.60. The number of alkyl halides is 3. The van der Waals surface area contributed by atoms with E-state index in [1.54, 1.807) is 12.3 Å². The van der Waals surface area contributed by atoms with Crippen molar-refractivity contribution in [3.8, 4) is 17.4 Å². The molecule has 36 heavy (non-hydrogen) atoms. The van der Waals surface area contributed by atoms with Gasteiger partial charge in [-0.25, -0.2) is 17.9 Å². The number of ether oxygens (including phenoxy) is 2. The molecule has 0 bridgehead atoms. The predicted octanol–water partition coefficient (Wildman–Crippen LogP) is 3.72. The van der Waals surface area contributed by atoms with Crippen molar-refractivity contribution in [2.24, 2.45) is 0 Å². The summed E-state index contributed by atoms with van der Waals surface area (Å²) in [7, 11) is -3.09. The highest BCUT2D eigenvalue weighted by Gasteiger charge is 2.35. The van der Waals surface area contributed by atoms with E-state index in [9.17, 15) is 26.4 Å². The summed E-state index contributed by atoms with van der Waals surface area (Å²) in [5.41, 5.74) is 0.754. The van der Waals surface area contributed by atoms with Gasteiger partial charge in [0, 0.05) is 29.6 Å². The van der Waals surface area contributed by atoms with Crippen LogP contribution < -0.4 is 14.8 Å². The number of nitrogens with zero attached hydrogens (tertiary/aromatic N) is 3. The SMILES string of the molecule is CCc1c(C(=O)NC2(C)CCS(=O)(=O)CC2)nn2ccc(Oc3ncccc3OCC(F)(F)F)cc12. The number of amides is 1. The molecule has 1 saturated heterocycles. The van der Waals surface area contributed by atoms with E-state index in [-0.39, 0.29) is 34.6 Å². The molecule has 1 amide bonds. The molecule has 13 heteroatoms. The Morgan fingerprint density at radius 3 is 2.64 bits per heavy atom. The van der Waals surface area contributed by atoms with E-state index in [4.69, 9.17) is 9.47 Å². The van der Waals surface area contributed by atoms with E-state index in [0.29, 0.717) is 30.3 Å². The maximum Gasteiger partial charge on any atom is 0.422 e. The van der Waals surface area contributed by atoms with E-state index in [2.05, 4.69) is 15.4 Å². The second-order valence-corrected chi connectivity index (χ2v) is 11.2. The molecule has 9 nitrogen and oxygen atoms in total. The molecule has 3 aromatic rings. The highest BCUT2D eigenvalue weighted by molar-refractivity contribution is 7.91. The van der Waals surface area contributed by atoms with Crippen LogP contribution in [0, 0.1) is 0 Å². The van der Waals surface area contributed by atoms with Crippen LogP contribution in [0.2, 0.25) is 0 Å². The number of sulfone groups is 1. The average molecular weight is 527 g/mol. The third-order valence-electron chi connectivity index (χ3n) is 5.96. The summed E-state index contributed by atoms with van der Waals surface area (Å²) >= 11 is 0. The van der Waals surface area contributed by atoms with Gasteiger partial charge in [-0.15, -0.1) is 0 Å². The van der Waals surface area contributed by atoms with Gasteiger partial charge in [0.15, 0.2) is 18.1 Å². The van der Waals surface area contributed by atoms with E-state index in [1.807, 2.05) is 13.8 Å². The highest BCUT2D eigenvalue weighted by atomic mass is 32.2. The van der Waals surface area contributed by atoms with Gasteiger partial charge in [0.05, 0.1) is 17.0 Å². The molecule has 1 N–H and O–H groups in total. The summed E-state index contributed by atoms with van der Waals surface area (Å²) in [4.78, 5) is 17.1. The third kappa shape index (κ3) is 5.89. The van der Waals surface area contributed by atoms with Gasteiger partial charge in [0.25, 0.3) is 11.8 Å². The molecule has 1 aliphatic heterocycles. The number of halogens is 3. The van der Waals surface area contributed by atoms with Crippen LogP contribution in [0.3, 0.4) is 0 Å². The lowest BCUT2D eigenvalue weighted by molar-refractivity contribution is -0.153. The molecule has 194 valence electrons. The number of rotatable bonds is 7. The van der Waals surface area contributed by atoms with E-state index in [1.165, 1.54) is 28.9 Å². The number of carbonyl (C=O) groups is 1. The zero-order valence-electron chi connectivity index (χ0n) is 19.6. The molecular formula is C23H25F3N4O5S. The van der Waals surface area contributed by atoms with Crippen LogP contribution >= 0.6 is 0 Å². The fraction of sp³-hybridized carbons (Fsp3) is 0.435. The van der Waals surface area contributed by atoms with Crippen molar-refractivity contribution in [3.63, 3.8) is 0 Å². The first-order valence-corrected chi connectivity index (χ1v) is 13.1. The number of hydrogen-bond acceptors (Lipinski definition) is 7. The summed E-state index contributed by atoms with van der Waals surface area (Å²) in [5, 5.41) is 7.34. The molecular weight excluding hydrogens is 501 g/mol. The predicted molar refractivity (Wildman–Crippen MR) is 124 cm³/mol. The van der Waals surface area contributed by atoms with Crippen LogP contribution in [0.25, 0.3) is 5.52 Å². The van der Waals surface area contributed by atoms with Crippen molar-refractivity contribution in [2.45, 2.75) is 44.8 Å². The number of nitrogens with one attached hydrogen (secondary N) is 1. The van der Waals surface area contributed by atoms with Crippen LogP contribution in [0.1, 0.15) is 42.7 Å². The molecule has 4 rings (SSSR count). The Bertz CT molecular complexity index is 1370. The Morgan fingerprint density at radius 2 is 1.97 bits per heavy atom. The molecule has 0 atom stereocenters. The number of fused-ring (bicyclic) bond motifs is 1. The molecule has 1 fully saturated rings. The van der Waals surface area contributed by atoms with E-state index in [0.717, 1.165) is 0 Å². The summed E-state index contributed by atoms with van der Waals surface area (Å²) in [5.74, 6) is -0.420. The molecule has 3 aromatic heterocycles. The number of hydrogen-bond donors (Lipinski definition) is 1. The lowest BCUT2D eigenvalue weighted by atomic mass is 9.94. The topological polar surface area (TPSA) is 112 Å². The average Bonchev–Trinajstić information content (AvgIpc) is 3.18. The number of carbonyl (C=O) groups excluding carboxylic acids is 1. The van der Waals surface area contributed by atoms with E-state index >= 15 is 0 Å². The molecule has 1 aliphatic rings. The Balaban J connectivity index is 1.57. The summed E-state index contributed by atoms with van der Waals surface area (Å²) in [6.45, 7) is 2.19. The minimum Gasteiger partial charge on any atom is -0.478 e. The van der Waals surface area contributed by atoms with Gasteiger partial charge in [0.1, 0.15) is 15.6 Å². The van der Waals surface area contributed by atoms with E-state index < -0.39 is 34.1 Å². The first-order chi connectivity index (χ1) is 16.9.